The maximum atomic E-state index is 15.2. The van der Waals surface area contributed by atoms with E-state index in [2.05, 4.69) is 15.3 Å². The molecular weight excluding hydrogens is 496 g/mol. The molecule has 10 heteroatoms. The number of pyridine rings is 1. The average Bonchev–Trinajstić information content (AvgIpc) is 3.26. The van der Waals surface area contributed by atoms with Gasteiger partial charge in [-0.1, -0.05) is 12.1 Å². The zero-order valence-corrected chi connectivity index (χ0v) is 20.5. The van der Waals surface area contributed by atoms with E-state index >= 15 is 4.39 Å². The highest BCUT2D eigenvalue weighted by molar-refractivity contribution is 6.19. The maximum absolute atomic E-state index is 15.2. The van der Waals surface area contributed by atoms with Crippen molar-refractivity contribution < 1.29 is 32.9 Å². The SMILES string of the molecule is CCOc1cnc2[nH]cc(C(=O)c3ccc(Oc4ccccc4F)cc3F)c2c1N[C@@]12COC(CO)[C@H]1C2. The minimum Gasteiger partial charge on any atom is -0.490 e. The molecule has 0 radical (unpaired) electrons. The number of fused-ring (bicyclic) bond motifs is 2. The Morgan fingerprint density at radius 3 is 2.76 bits per heavy atom. The van der Waals surface area contributed by atoms with Crippen molar-refractivity contribution >= 4 is 22.5 Å². The van der Waals surface area contributed by atoms with Gasteiger partial charge < -0.3 is 29.6 Å². The summed E-state index contributed by atoms with van der Waals surface area (Å²) in [5.41, 5.74) is 0.648. The van der Waals surface area contributed by atoms with E-state index in [0.717, 1.165) is 12.5 Å². The number of aromatic amines is 1. The van der Waals surface area contributed by atoms with E-state index in [9.17, 15) is 14.3 Å². The van der Waals surface area contributed by atoms with Crippen molar-refractivity contribution in [1.29, 1.82) is 0 Å². The molecule has 1 aliphatic carbocycles. The number of rotatable bonds is 9. The van der Waals surface area contributed by atoms with Crippen LogP contribution in [0.25, 0.3) is 11.0 Å². The summed E-state index contributed by atoms with van der Waals surface area (Å²) in [5, 5.41) is 13.6. The molecule has 3 atom stereocenters. The summed E-state index contributed by atoms with van der Waals surface area (Å²) in [6.45, 7) is 2.56. The number of ketones is 1. The molecule has 2 fully saturated rings. The predicted octanol–water partition coefficient (Wildman–Crippen LogP) is 4.82. The molecule has 2 aliphatic rings. The summed E-state index contributed by atoms with van der Waals surface area (Å²) in [5.74, 6) is -1.37. The molecule has 6 rings (SSSR count). The number of H-pyrrole nitrogens is 1. The van der Waals surface area contributed by atoms with E-state index in [1.54, 1.807) is 12.3 Å². The summed E-state index contributed by atoms with van der Waals surface area (Å²) in [4.78, 5) is 21.0. The molecule has 2 aromatic carbocycles. The first kappa shape index (κ1) is 24.3. The lowest BCUT2D eigenvalue weighted by Gasteiger charge is -2.20. The first-order chi connectivity index (χ1) is 18.4. The van der Waals surface area contributed by atoms with Crippen LogP contribution in [0.4, 0.5) is 14.5 Å². The zero-order chi connectivity index (χ0) is 26.4. The van der Waals surface area contributed by atoms with Crippen LogP contribution in [0.3, 0.4) is 0 Å². The van der Waals surface area contributed by atoms with Crippen LogP contribution in [0.1, 0.15) is 29.3 Å². The number of carbonyl (C=O) groups is 1. The number of aliphatic hydroxyl groups is 1. The van der Waals surface area contributed by atoms with E-state index < -0.39 is 17.4 Å². The van der Waals surface area contributed by atoms with Gasteiger partial charge in [-0.05, 0) is 37.6 Å². The summed E-state index contributed by atoms with van der Waals surface area (Å²) in [6.07, 6.45) is 3.62. The fourth-order valence-corrected chi connectivity index (χ4v) is 5.16. The summed E-state index contributed by atoms with van der Waals surface area (Å²) >= 11 is 0. The highest BCUT2D eigenvalue weighted by Gasteiger charge is 2.63. The van der Waals surface area contributed by atoms with Gasteiger partial charge >= 0.3 is 0 Å². The Kier molecular flexibility index (Phi) is 6.00. The van der Waals surface area contributed by atoms with Crippen molar-refractivity contribution in [2.45, 2.75) is 25.0 Å². The lowest BCUT2D eigenvalue weighted by molar-refractivity contribution is 0.0337. The van der Waals surface area contributed by atoms with Gasteiger partial charge in [0.15, 0.2) is 23.1 Å². The molecule has 0 amide bonds. The van der Waals surface area contributed by atoms with Gasteiger partial charge in [-0.3, -0.25) is 4.79 Å². The molecule has 1 saturated carbocycles. The second kappa shape index (κ2) is 9.38. The molecule has 1 saturated heterocycles. The van der Waals surface area contributed by atoms with Crippen molar-refractivity contribution in [1.82, 2.24) is 9.97 Å². The Morgan fingerprint density at radius 2 is 2.05 bits per heavy atom. The number of aromatic nitrogens is 2. The molecule has 1 unspecified atom stereocenters. The lowest BCUT2D eigenvalue weighted by atomic mass is 10.0. The lowest BCUT2D eigenvalue weighted by Crippen LogP contribution is -2.26. The third kappa shape index (κ3) is 4.06. The van der Waals surface area contributed by atoms with Crippen LogP contribution < -0.4 is 14.8 Å². The summed E-state index contributed by atoms with van der Waals surface area (Å²) in [6, 6.07) is 9.57. The second-order valence-corrected chi connectivity index (χ2v) is 9.48. The van der Waals surface area contributed by atoms with Crippen LogP contribution in [0.2, 0.25) is 0 Å². The quantitative estimate of drug-likeness (QED) is 0.271. The standard InChI is InChI=1S/C28H25F2N3O5/c1-2-36-22-12-32-27-24(25(22)33-28-10-18(28)23(13-34)37-14-28)17(11-31-27)26(35)16-8-7-15(9-20(16)30)38-21-6-4-3-5-19(21)29/h3-9,11-12,18,23,34H,2,10,13-14H2,1H3,(H2,31,32,33)/t18-,23?,28+/m1/s1. The molecule has 3 heterocycles. The smallest absolute Gasteiger partial charge is 0.198 e. The van der Waals surface area contributed by atoms with Gasteiger partial charge in [0.25, 0.3) is 0 Å². The Bertz CT molecular complexity index is 1540. The molecule has 38 heavy (non-hydrogen) atoms. The number of aliphatic hydroxyl groups excluding tert-OH is 1. The fourth-order valence-electron chi connectivity index (χ4n) is 5.16. The monoisotopic (exact) mass is 521 g/mol. The summed E-state index contributed by atoms with van der Waals surface area (Å²) in [7, 11) is 0. The Balaban J connectivity index is 1.36. The molecule has 3 N–H and O–H groups in total. The first-order valence-electron chi connectivity index (χ1n) is 12.3. The van der Waals surface area contributed by atoms with Gasteiger partial charge in [0, 0.05) is 18.2 Å². The normalized spacial score (nSPS) is 21.8. The van der Waals surface area contributed by atoms with E-state index in [-0.39, 0.29) is 46.8 Å². The number of nitrogens with zero attached hydrogens (tertiary/aromatic N) is 1. The number of para-hydroxylation sites is 1. The van der Waals surface area contributed by atoms with Gasteiger partial charge in [-0.15, -0.1) is 0 Å². The van der Waals surface area contributed by atoms with Crippen molar-refractivity contribution in [2.75, 3.05) is 25.1 Å². The Hall–Kier alpha value is -4.02. The van der Waals surface area contributed by atoms with Crippen LogP contribution in [0, 0.1) is 17.6 Å². The first-order valence-corrected chi connectivity index (χ1v) is 12.3. The minimum atomic E-state index is -0.808. The number of hydrogen-bond donors (Lipinski definition) is 3. The van der Waals surface area contributed by atoms with Gasteiger partial charge in [0.1, 0.15) is 17.2 Å². The Labute approximate surface area is 216 Å². The number of benzene rings is 2. The van der Waals surface area contributed by atoms with Crippen LogP contribution in [0.15, 0.2) is 54.9 Å². The highest BCUT2D eigenvalue weighted by atomic mass is 19.1. The van der Waals surface area contributed by atoms with Crippen molar-refractivity contribution in [3.8, 4) is 17.2 Å². The molecule has 0 spiro atoms. The third-order valence-electron chi connectivity index (χ3n) is 7.15. The van der Waals surface area contributed by atoms with Gasteiger partial charge in [0.05, 0.1) is 59.9 Å². The number of nitrogens with one attached hydrogen (secondary N) is 2. The van der Waals surface area contributed by atoms with Crippen LogP contribution >= 0.6 is 0 Å². The number of halogens is 2. The topological polar surface area (TPSA) is 106 Å². The number of ether oxygens (including phenoxy) is 3. The fraction of sp³-hybridized carbons (Fsp3) is 0.286. The van der Waals surface area contributed by atoms with Crippen molar-refractivity contribution in [3.05, 3.63) is 77.6 Å². The summed E-state index contributed by atoms with van der Waals surface area (Å²) < 4.78 is 46.1. The van der Waals surface area contributed by atoms with E-state index in [1.807, 2.05) is 6.92 Å². The third-order valence-corrected chi connectivity index (χ3v) is 7.15. The van der Waals surface area contributed by atoms with Crippen LogP contribution in [-0.2, 0) is 4.74 Å². The van der Waals surface area contributed by atoms with Crippen LogP contribution in [0.5, 0.6) is 17.2 Å². The van der Waals surface area contributed by atoms with E-state index in [0.29, 0.717) is 35.7 Å². The molecular formula is C28H25F2N3O5. The number of anilines is 1. The van der Waals surface area contributed by atoms with Gasteiger partial charge in [-0.25, -0.2) is 13.8 Å². The molecule has 2 aromatic heterocycles. The molecule has 0 bridgehead atoms. The highest BCUT2D eigenvalue weighted by Crippen LogP contribution is 2.55. The zero-order valence-electron chi connectivity index (χ0n) is 20.5. The number of hydrogen-bond acceptors (Lipinski definition) is 7. The predicted molar refractivity (Wildman–Crippen MR) is 135 cm³/mol. The van der Waals surface area contributed by atoms with Gasteiger partial charge in [-0.2, -0.15) is 0 Å². The van der Waals surface area contributed by atoms with Crippen molar-refractivity contribution in [2.24, 2.45) is 5.92 Å². The molecule has 196 valence electrons. The molecule has 4 aromatic rings. The number of carbonyl (C=O) groups excluding carboxylic acids is 1. The van der Waals surface area contributed by atoms with E-state index in [4.69, 9.17) is 14.2 Å². The average molecular weight is 522 g/mol. The van der Waals surface area contributed by atoms with Crippen LogP contribution in [-0.4, -0.2) is 52.3 Å². The van der Waals surface area contributed by atoms with Gasteiger partial charge in [0.2, 0.25) is 0 Å². The molecule has 8 nitrogen and oxygen atoms in total. The van der Waals surface area contributed by atoms with Crippen molar-refractivity contribution in [3.63, 3.8) is 0 Å². The molecule has 1 aliphatic heterocycles. The maximum Gasteiger partial charge on any atom is 0.198 e. The largest absolute Gasteiger partial charge is 0.490 e. The second-order valence-electron chi connectivity index (χ2n) is 9.48. The minimum absolute atomic E-state index is 0.0510. The van der Waals surface area contributed by atoms with E-state index in [1.165, 1.54) is 36.5 Å². The Morgan fingerprint density at radius 1 is 1.21 bits per heavy atom.